The van der Waals surface area contributed by atoms with Crippen LogP contribution in [0.4, 0.5) is 21.9 Å². The Labute approximate surface area is 578 Å². The molecule has 9 N–H and O–H groups in total. The second-order valence-electron chi connectivity index (χ2n) is 27.0. The summed E-state index contributed by atoms with van der Waals surface area (Å²) in [6.45, 7) is 7.13. The fraction of sp³-hybridized carbons (Fsp3) is 0.548. The Bertz CT molecular complexity index is 3760. The number of nitrogens with one attached hydrogen (secondary N) is 5. The van der Waals surface area contributed by atoms with Crippen molar-refractivity contribution in [2.45, 2.75) is 185 Å². The SMILES string of the molecule is CN(CCOCCNC(=O)CCC12c3cc(NC(=O)CCCCCCCN)ccc3C(c3ccc(NC(=O)CCCCCCCN)cc31)c1ccc(NC(=O)CCCCCCCNC(=O)OC(C)(C)C)cc12)C(=O)[C@@H]1CC(N=[N+]=[N-])CN1C(=O)COc1ccc2c(=O)oc(=O)n(C)c2c1. The summed E-state index contributed by atoms with van der Waals surface area (Å²) in [7, 11) is 3.00. The number of azide groups is 1. The number of aryl methyl sites for hydroxylation is 1. The standard InChI is InChI=1S/C73H99N13O13/c1-72(2,3)99-70(94)78-36-20-14-8-11-17-23-65(90)81-50-26-30-55-59(43-50)73(57-41-48(79-63(88)21-15-9-6-12-18-34-74)24-28-53(57)67(55)54-29-25-49(42-58(54)73)80-64(89)22-16-10-7-13-19-35-75)33-32-62(87)77-37-39-96-40-38-84(4)68(92)61-44-51(82-83-76)46-86(61)66(91)47-97-52-27-31-56-60(45-52)85(5)71(95)98-69(56)93/h24-31,41-43,45,51,61,67H,6-23,32-40,44,46-47,74-75H2,1-5H3,(H,77,87)(H,78,94)(H,79,88)(H,80,89)(H,81,90)/t51?,61-,67?,73?/m0/s1. The molecule has 9 rings (SSSR count). The number of alkyl carbamates (subject to hydrolysis) is 1. The van der Waals surface area contributed by atoms with Gasteiger partial charge < -0.3 is 66.5 Å². The van der Waals surface area contributed by atoms with Crippen molar-refractivity contribution in [3.8, 4) is 5.75 Å². The number of hydrogen-bond donors (Lipinski definition) is 7. The van der Waals surface area contributed by atoms with Gasteiger partial charge in [0, 0.05) is 105 Å². The summed E-state index contributed by atoms with van der Waals surface area (Å²) >= 11 is 0. The summed E-state index contributed by atoms with van der Waals surface area (Å²) in [5.41, 5.74) is 26.0. The first-order chi connectivity index (χ1) is 47.6. The highest BCUT2D eigenvalue weighted by molar-refractivity contribution is 5.94. The quantitative estimate of drug-likeness (QED) is 0.00833. The van der Waals surface area contributed by atoms with Gasteiger partial charge in [-0.2, -0.15) is 0 Å². The summed E-state index contributed by atoms with van der Waals surface area (Å²) in [4.78, 5) is 125. The lowest BCUT2D eigenvalue weighted by Crippen LogP contribution is -2.48. The molecule has 4 aromatic carbocycles. The minimum absolute atomic E-state index is 0.0238. The second kappa shape index (κ2) is 36.6. The normalized spacial score (nSPS) is 16.4. The molecular weight excluding hydrogens is 1270 g/mol. The molecule has 2 heterocycles. The van der Waals surface area contributed by atoms with E-state index in [0.717, 1.165) is 128 Å². The molecule has 534 valence electrons. The number of fused-ring (bicyclic) bond motifs is 1. The largest absolute Gasteiger partial charge is 0.484 e. The summed E-state index contributed by atoms with van der Waals surface area (Å²) in [6, 6.07) is 20.7. The molecule has 26 heteroatoms. The number of benzene rings is 4. The van der Waals surface area contributed by atoms with E-state index in [2.05, 4.69) is 54.8 Å². The smallest absolute Gasteiger partial charge is 0.422 e. The lowest BCUT2D eigenvalue weighted by atomic mass is 9.51. The van der Waals surface area contributed by atoms with Crippen molar-refractivity contribution in [2.75, 3.05) is 82.1 Å². The highest BCUT2D eigenvalue weighted by Crippen LogP contribution is 2.62. The molecule has 1 aliphatic heterocycles. The number of nitrogens with two attached hydrogens (primary N) is 2. The van der Waals surface area contributed by atoms with Gasteiger partial charge in [0.15, 0.2) is 6.61 Å². The Hall–Kier alpha value is -9.10. The fourth-order valence-electron chi connectivity index (χ4n) is 13.5. The first-order valence-electron chi connectivity index (χ1n) is 35.0. The van der Waals surface area contributed by atoms with Crippen molar-refractivity contribution in [1.82, 2.24) is 25.0 Å². The van der Waals surface area contributed by atoms with E-state index in [1.807, 2.05) is 57.2 Å². The maximum atomic E-state index is 14.4. The van der Waals surface area contributed by atoms with Crippen LogP contribution < -0.4 is 54.2 Å². The second-order valence-corrected chi connectivity index (χ2v) is 27.0. The van der Waals surface area contributed by atoms with Gasteiger partial charge in [0.25, 0.3) is 5.91 Å². The number of aromatic nitrogens is 1. The van der Waals surface area contributed by atoms with Crippen LogP contribution in [0.5, 0.6) is 5.75 Å². The lowest BCUT2D eigenvalue weighted by molar-refractivity contribution is -0.144. The van der Waals surface area contributed by atoms with Crippen molar-refractivity contribution in [2.24, 2.45) is 23.6 Å². The molecule has 2 bridgehead atoms. The molecule has 26 nitrogen and oxygen atoms in total. The summed E-state index contributed by atoms with van der Waals surface area (Å²) in [6.07, 6.45) is 14.1. The third-order valence-corrected chi connectivity index (χ3v) is 18.5. The number of nitrogens with zero attached hydrogens (tertiary/aromatic N) is 6. The molecule has 4 aliphatic rings. The summed E-state index contributed by atoms with van der Waals surface area (Å²) < 4.78 is 22.9. The van der Waals surface area contributed by atoms with Crippen LogP contribution in [-0.2, 0) is 50.7 Å². The molecule has 5 aromatic rings. The van der Waals surface area contributed by atoms with E-state index >= 15 is 0 Å². The topological polar surface area (TPSA) is 367 Å². The van der Waals surface area contributed by atoms with Gasteiger partial charge in [0.05, 0.1) is 30.2 Å². The van der Waals surface area contributed by atoms with E-state index in [9.17, 15) is 48.7 Å². The molecule has 7 amide bonds. The number of ether oxygens (including phenoxy) is 3. The number of carbonyl (C=O) groups is 7. The predicted molar refractivity (Wildman–Crippen MR) is 378 cm³/mol. The van der Waals surface area contributed by atoms with Crippen molar-refractivity contribution in [1.29, 1.82) is 0 Å². The van der Waals surface area contributed by atoms with Crippen LogP contribution >= 0.6 is 0 Å². The zero-order valence-electron chi connectivity index (χ0n) is 58.0. The van der Waals surface area contributed by atoms with Crippen molar-refractivity contribution in [3.63, 3.8) is 0 Å². The van der Waals surface area contributed by atoms with Gasteiger partial charge in [-0.3, -0.25) is 33.3 Å². The molecule has 1 unspecified atom stereocenters. The van der Waals surface area contributed by atoms with Crippen LogP contribution in [0, 0.1) is 0 Å². The number of carbonyl (C=O) groups excluding carboxylic acids is 7. The maximum Gasteiger partial charge on any atom is 0.422 e. The number of unbranched alkanes of at least 4 members (excludes halogenated alkanes) is 12. The first-order valence-corrected chi connectivity index (χ1v) is 35.0. The minimum Gasteiger partial charge on any atom is -0.484 e. The molecule has 1 saturated heterocycles. The van der Waals surface area contributed by atoms with Gasteiger partial charge in [-0.1, -0.05) is 81.1 Å². The van der Waals surface area contributed by atoms with E-state index < -0.39 is 59.0 Å². The molecule has 0 saturated carbocycles. The zero-order chi connectivity index (χ0) is 71.1. The van der Waals surface area contributed by atoms with Crippen LogP contribution in [-0.4, -0.2) is 140 Å². The number of hydrogen-bond acceptors (Lipinski definition) is 16. The molecular formula is C73H99N13O13. The Balaban J connectivity index is 0.958. The van der Waals surface area contributed by atoms with E-state index in [0.29, 0.717) is 62.4 Å². The van der Waals surface area contributed by atoms with Crippen LogP contribution in [0.2, 0.25) is 0 Å². The maximum absolute atomic E-state index is 14.4. The zero-order valence-corrected chi connectivity index (χ0v) is 58.0. The van der Waals surface area contributed by atoms with Crippen molar-refractivity contribution in [3.05, 3.63) is 138 Å². The number of likely N-dealkylation sites (tertiary alicyclic amines) is 1. The van der Waals surface area contributed by atoms with Gasteiger partial charge in [-0.05, 0) is 173 Å². The van der Waals surface area contributed by atoms with Crippen molar-refractivity contribution < 1.29 is 52.2 Å². The van der Waals surface area contributed by atoms with E-state index in [1.165, 1.54) is 35.0 Å². The Kier molecular flexibility index (Phi) is 28.0. The molecule has 1 aromatic heterocycles. The molecule has 0 radical (unpaired) electrons. The molecule has 3 aliphatic carbocycles. The van der Waals surface area contributed by atoms with E-state index in [1.54, 1.807) is 7.05 Å². The minimum atomic E-state index is -1.04. The lowest BCUT2D eigenvalue weighted by Gasteiger charge is -2.51. The van der Waals surface area contributed by atoms with E-state index in [-0.39, 0.29) is 98.3 Å². The fourth-order valence-corrected chi connectivity index (χ4v) is 13.5. The molecule has 99 heavy (non-hydrogen) atoms. The van der Waals surface area contributed by atoms with Crippen LogP contribution in [0.25, 0.3) is 21.3 Å². The molecule has 0 spiro atoms. The number of rotatable bonds is 39. The van der Waals surface area contributed by atoms with Gasteiger partial charge in [-0.25, -0.2) is 14.4 Å². The van der Waals surface area contributed by atoms with Gasteiger partial charge in [-0.15, -0.1) is 0 Å². The van der Waals surface area contributed by atoms with Gasteiger partial charge in [0.2, 0.25) is 29.5 Å². The van der Waals surface area contributed by atoms with Crippen LogP contribution in [0.3, 0.4) is 0 Å². The Morgan fingerprint density at radius 3 is 1.72 bits per heavy atom. The van der Waals surface area contributed by atoms with Crippen LogP contribution in [0.1, 0.15) is 195 Å². The van der Waals surface area contributed by atoms with E-state index in [4.69, 9.17) is 30.1 Å². The number of amides is 7. The number of likely N-dealkylation sites (N-methyl/N-ethyl adjacent to an activating group) is 1. The van der Waals surface area contributed by atoms with Crippen LogP contribution in [0.15, 0.2) is 91.9 Å². The average molecular weight is 1370 g/mol. The molecule has 2 atom stereocenters. The monoisotopic (exact) mass is 1370 g/mol. The summed E-state index contributed by atoms with van der Waals surface area (Å²) in [5, 5.41) is 19.3. The summed E-state index contributed by atoms with van der Waals surface area (Å²) in [5.74, 6) is -2.54. The van der Waals surface area contributed by atoms with Crippen molar-refractivity contribution >= 4 is 69.5 Å². The van der Waals surface area contributed by atoms with Gasteiger partial charge in [0.1, 0.15) is 17.4 Å². The molecule has 1 fully saturated rings. The average Bonchev–Trinajstić information content (AvgIpc) is 0.909. The predicted octanol–water partition coefficient (Wildman–Crippen LogP) is 9.64. The Morgan fingerprint density at radius 1 is 0.667 bits per heavy atom. The highest BCUT2D eigenvalue weighted by atomic mass is 16.6. The highest BCUT2D eigenvalue weighted by Gasteiger charge is 2.52. The first kappa shape index (κ1) is 75.7. The number of anilines is 3. The Morgan fingerprint density at radius 2 is 1.19 bits per heavy atom. The third-order valence-electron chi connectivity index (χ3n) is 18.5. The van der Waals surface area contributed by atoms with Gasteiger partial charge >= 0.3 is 17.5 Å². The third kappa shape index (κ3) is 20.7.